The Bertz CT molecular complexity index is 1540. The fraction of sp³-hybridized carbons (Fsp3) is 0.379. The molecule has 0 radical (unpaired) electrons. The molecule has 0 spiro atoms. The van der Waals surface area contributed by atoms with Gasteiger partial charge >= 0.3 is 0 Å². The molecule has 6 rings (SSSR count). The summed E-state index contributed by atoms with van der Waals surface area (Å²) in [7, 11) is 0. The number of rotatable bonds is 5. The maximum Gasteiger partial charge on any atom is 0.254 e. The van der Waals surface area contributed by atoms with Gasteiger partial charge in [0, 0.05) is 18.0 Å². The third kappa shape index (κ3) is 3.83. The van der Waals surface area contributed by atoms with Crippen molar-refractivity contribution in [3.05, 3.63) is 71.1 Å². The molecular formula is C29H24BrCl2FN2O6. The van der Waals surface area contributed by atoms with Crippen LogP contribution in [0.2, 0.25) is 0 Å². The van der Waals surface area contributed by atoms with E-state index in [2.05, 4.69) is 15.9 Å². The number of phenolic OH excluding ortho intramolecular Hbond substituents is 2. The average molecular weight is 666 g/mol. The van der Waals surface area contributed by atoms with Gasteiger partial charge in [-0.2, -0.15) is 0 Å². The van der Waals surface area contributed by atoms with Crippen molar-refractivity contribution in [3.8, 4) is 11.5 Å². The van der Waals surface area contributed by atoms with Crippen molar-refractivity contribution in [2.45, 2.75) is 34.9 Å². The molecule has 6 unspecified atom stereocenters. The number of halogens is 4. The number of allylic oxidation sites excluding steroid dienone is 2. The standard InChI is InChI=1S/C29H24BrCl2FN2O6/c30-13-35-26(40)28(31)12-19-16(22(29(28,32)27(35)41)18-2-1-3-20(33)23(18)37)8-9-17-21(19)25(39)34(24(17)38)11-10-14-4-6-15(36)7-5-14/h1-8,17,19,21-22,36-37H,9-13H2. The minimum atomic E-state index is -2.12. The molecule has 0 aromatic heterocycles. The molecule has 41 heavy (non-hydrogen) atoms. The van der Waals surface area contributed by atoms with Crippen LogP contribution in [0.15, 0.2) is 54.1 Å². The largest absolute Gasteiger partial charge is 0.508 e. The van der Waals surface area contributed by atoms with Crippen molar-refractivity contribution in [1.82, 2.24) is 9.80 Å². The van der Waals surface area contributed by atoms with E-state index in [4.69, 9.17) is 23.2 Å². The molecule has 0 bridgehead atoms. The summed E-state index contributed by atoms with van der Waals surface area (Å²) in [5.74, 6) is -7.50. The molecule has 4 amide bonds. The van der Waals surface area contributed by atoms with Crippen LogP contribution in [-0.4, -0.2) is 65.4 Å². The van der Waals surface area contributed by atoms with E-state index in [9.17, 15) is 33.8 Å². The zero-order valence-electron chi connectivity index (χ0n) is 21.4. The highest BCUT2D eigenvalue weighted by molar-refractivity contribution is 9.09. The predicted octanol–water partition coefficient (Wildman–Crippen LogP) is 4.19. The molecule has 214 valence electrons. The number of phenols is 2. The van der Waals surface area contributed by atoms with Crippen LogP contribution < -0.4 is 0 Å². The molecule has 3 fully saturated rings. The van der Waals surface area contributed by atoms with Gasteiger partial charge in [-0.25, -0.2) is 4.39 Å². The first-order valence-corrected chi connectivity index (χ1v) is 14.9. The summed E-state index contributed by atoms with van der Waals surface area (Å²) in [4.78, 5) is 52.6. The maximum absolute atomic E-state index is 14.6. The number of carbonyl (C=O) groups excluding carboxylic acids is 4. The van der Waals surface area contributed by atoms with Crippen LogP contribution in [0.1, 0.15) is 29.9 Å². The summed E-state index contributed by atoms with van der Waals surface area (Å²) in [6.07, 6.45) is 2.07. The molecule has 6 atom stereocenters. The van der Waals surface area contributed by atoms with E-state index in [0.717, 1.165) is 16.5 Å². The summed E-state index contributed by atoms with van der Waals surface area (Å²) in [5, 5.41) is 20.3. The quantitative estimate of drug-likeness (QED) is 0.214. The molecule has 12 heteroatoms. The SMILES string of the molecule is O=C1C2CC=C3C(CC4(Cl)C(=O)N(CBr)C(=O)C4(Cl)C3c3cccc(F)c3O)C2C(=O)N1CCc1ccc(O)cc1. The molecule has 2 aliphatic heterocycles. The van der Waals surface area contributed by atoms with Gasteiger partial charge in [0.25, 0.3) is 11.8 Å². The second-order valence-corrected chi connectivity index (χ2v) is 12.7. The fourth-order valence-electron chi connectivity index (χ4n) is 7.05. The maximum atomic E-state index is 14.6. The lowest BCUT2D eigenvalue weighted by atomic mass is 9.56. The van der Waals surface area contributed by atoms with Gasteiger partial charge in [0.2, 0.25) is 11.8 Å². The molecular weight excluding hydrogens is 642 g/mol. The summed E-state index contributed by atoms with van der Waals surface area (Å²) < 4.78 is 14.6. The number of hydrogen-bond donors (Lipinski definition) is 2. The topological polar surface area (TPSA) is 115 Å². The number of nitrogens with zero attached hydrogens (tertiary/aromatic N) is 2. The van der Waals surface area contributed by atoms with E-state index >= 15 is 0 Å². The molecule has 2 heterocycles. The van der Waals surface area contributed by atoms with Crippen LogP contribution in [0.4, 0.5) is 4.39 Å². The molecule has 4 aliphatic rings. The molecule has 2 aliphatic carbocycles. The first-order valence-electron chi connectivity index (χ1n) is 13.1. The minimum Gasteiger partial charge on any atom is -0.508 e. The van der Waals surface area contributed by atoms with E-state index in [-0.39, 0.29) is 42.1 Å². The predicted molar refractivity (Wildman–Crippen MR) is 150 cm³/mol. The lowest BCUT2D eigenvalue weighted by Crippen LogP contribution is -2.60. The highest BCUT2D eigenvalue weighted by Crippen LogP contribution is 2.66. The van der Waals surface area contributed by atoms with Crippen LogP contribution >= 0.6 is 39.1 Å². The van der Waals surface area contributed by atoms with E-state index in [1.807, 2.05) is 0 Å². The third-order valence-corrected chi connectivity index (χ3v) is 10.9. The number of amides is 4. The van der Waals surface area contributed by atoms with Crippen LogP contribution in [0.3, 0.4) is 0 Å². The lowest BCUT2D eigenvalue weighted by Gasteiger charge is -2.50. The third-order valence-electron chi connectivity index (χ3n) is 9.00. The normalized spacial score (nSPS) is 32.6. The van der Waals surface area contributed by atoms with Crippen molar-refractivity contribution < 1.29 is 33.8 Å². The fourth-order valence-corrected chi connectivity index (χ4v) is 8.47. The number of alkyl halides is 3. The Balaban J connectivity index is 1.43. The monoisotopic (exact) mass is 664 g/mol. The van der Waals surface area contributed by atoms with E-state index in [1.165, 1.54) is 29.2 Å². The Labute approximate surface area is 252 Å². The van der Waals surface area contributed by atoms with Crippen molar-refractivity contribution in [2.75, 3.05) is 12.0 Å². The van der Waals surface area contributed by atoms with Crippen LogP contribution in [-0.2, 0) is 25.6 Å². The number of aromatic hydroxyl groups is 2. The van der Waals surface area contributed by atoms with Gasteiger partial charge in [0.1, 0.15) is 5.75 Å². The van der Waals surface area contributed by atoms with Crippen molar-refractivity contribution in [1.29, 1.82) is 0 Å². The number of benzene rings is 2. The zero-order chi connectivity index (χ0) is 29.4. The van der Waals surface area contributed by atoms with E-state index in [1.54, 1.807) is 18.2 Å². The van der Waals surface area contributed by atoms with Gasteiger partial charge in [-0.1, -0.05) is 51.8 Å². The zero-order valence-corrected chi connectivity index (χ0v) is 24.5. The average Bonchev–Trinajstić information content (AvgIpc) is 3.27. The summed E-state index contributed by atoms with van der Waals surface area (Å²) in [6.45, 7) is 0.117. The summed E-state index contributed by atoms with van der Waals surface area (Å²) >= 11 is 17.3. The second-order valence-electron chi connectivity index (χ2n) is 10.9. The van der Waals surface area contributed by atoms with Gasteiger partial charge in [0.15, 0.2) is 21.3 Å². The molecule has 8 nitrogen and oxygen atoms in total. The van der Waals surface area contributed by atoms with Gasteiger partial charge < -0.3 is 10.2 Å². The van der Waals surface area contributed by atoms with Crippen molar-refractivity contribution in [3.63, 3.8) is 0 Å². The van der Waals surface area contributed by atoms with E-state index in [0.29, 0.717) is 12.0 Å². The van der Waals surface area contributed by atoms with Crippen LogP contribution in [0.5, 0.6) is 11.5 Å². The Kier molecular flexibility index (Phi) is 6.75. The highest BCUT2D eigenvalue weighted by atomic mass is 79.9. The molecule has 2 N–H and O–H groups in total. The molecule has 2 aromatic carbocycles. The number of fused-ring (bicyclic) bond motifs is 4. The van der Waals surface area contributed by atoms with Crippen LogP contribution in [0, 0.1) is 23.6 Å². The molecule has 1 saturated carbocycles. The first-order chi connectivity index (χ1) is 19.5. The number of imide groups is 2. The number of hydrogen-bond acceptors (Lipinski definition) is 6. The summed E-state index contributed by atoms with van der Waals surface area (Å²) in [6, 6.07) is 10.3. The first kappa shape index (κ1) is 28.2. The highest BCUT2D eigenvalue weighted by Gasteiger charge is 2.76. The number of para-hydroxylation sites is 1. The van der Waals surface area contributed by atoms with Crippen molar-refractivity contribution >= 4 is 62.8 Å². The van der Waals surface area contributed by atoms with Gasteiger partial charge in [-0.3, -0.25) is 29.0 Å². The number of carbonyl (C=O) groups is 4. The van der Waals surface area contributed by atoms with Crippen molar-refractivity contribution in [2.24, 2.45) is 17.8 Å². The Morgan fingerprint density at radius 3 is 2.34 bits per heavy atom. The smallest absolute Gasteiger partial charge is 0.254 e. The minimum absolute atomic E-state index is 0.0297. The Hall–Kier alpha value is -2.95. The van der Waals surface area contributed by atoms with Gasteiger partial charge in [-0.15, -0.1) is 23.2 Å². The second kappa shape index (κ2) is 9.81. The Morgan fingerprint density at radius 1 is 0.951 bits per heavy atom. The molecule has 2 saturated heterocycles. The van der Waals surface area contributed by atoms with E-state index < -0.39 is 62.7 Å². The van der Waals surface area contributed by atoms with Crippen LogP contribution in [0.25, 0.3) is 0 Å². The molecule has 2 aromatic rings. The Morgan fingerprint density at radius 2 is 1.66 bits per heavy atom. The van der Waals surface area contributed by atoms with Gasteiger partial charge in [-0.05, 0) is 48.9 Å². The summed E-state index contributed by atoms with van der Waals surface area (Å²) in [5.41, 5.74) is 1.08. The number of likely N-dealkylation sites (tertiary alicyclic amines) is 2. The van der Waals surface area contributed by atoms with Gasteiger partial charge in [0.05, 0.1) is 17.3 Å². The lowest BCUT2D eigenvalue weighted by molar-refractivity contribution is -0.141.